The molecular formula is C17H22N4O2. The standard InChI is InChI=1S/C17H22N4O2/c1-3-21(4-2)12-17(22)20-16-11-15(8-9-19-16)23-14-7-5-6-13(18)10-14/h5-11H,3-4,12,18H2,1-2H3,(H,19,20,22). The van der Waals surface area contributed by atoms with E-state index in [1.54, 1.807) is 30.5 Å². The third-order valence-corrected chi connectivity index (χ3v) is 3.35. The molecule has 6 heteroatoms. The van der Waals surface area contributed by atoms with E-state index in [0.717, 1.165) is 13.1 Å². The number of nitrogens with two attached hydrogens (primary N) is 1. The normalized spacial score (nSPS) is 10.6. The molecule has 2 rings (SSSR count). The summed E-state index contributed by atoms with van der Waals surface area (Å²) >= 11 is 0. The van der Waals surface area contributed by atoms with Crippen molar-refractivity contribution in [1.29, 1.82) is 0 Å². The second kappa shape index (κ2) is 8.14. The van der Waals surface area contributed by atoms with Crippen LogP contribution in [0.1, 0.15) is 13.8 Å². The van der Waals surface area contributed by atoms with E-state index >= 15 is 0 Å². The maximum absolute atomic E-state index is 12.0. The van der Waals surface area contributed by atoms with Crippen molar-refractivity contribution in [2.45, 2.75) is 13.8 Å². The Bertz CT molecular complexity index is 657. The highest BCUT2D eigenvalue weighted by molar-refractivity contribution is 5.91. The molecule has 1 amide bonds. The summed E-state index contributed by atoms with van der Waals surface area (Å²) in [5.41, 5.74) is 6.36. The van der Waals surface area contributed by atoms with Crippen molar-refractivity contribution in [2.24, 2.45) is 0 Å². The molecule has 0 aliphatic carbocycles. The third kappa shape index (κ3) is 5.27. The number of pyridine rings is 1. The van der Waals surface area contributed by atoms with E-state index in [2.05, 4.69) is 10.3 Å². The maximum atomic E-state index is 12.0. The van der Waals surface area contributed by atoms with Crippen LogP contribution in [-0.4, -0.2) is 35.4 Å². The second-order valence-corrected chi connectivity index (χ2v) is 5.06. The number of likely N-dealkylation sites (N-methyl/N-ethyl adjacent to an activating group) is 1. The van der Waals surface area contributed by atoms with Gasteiger partial charge in [-0.2, -0.15) is 0 Å². The smallest absolute Gasteiger partial charge is 0.239 e. The Balaban J connectivity index is 2.00. The highest BCUT2D eigenvalue weighted by atomic mass is 16.5. The van der Waals surface area contributed by atoms with Gasteiger partial charge in [-0.05, 0) is 31.3 Å². The van der Waals surface area contributed by atoms with Gasteiger partial charge in [-0.25, -0.2) is 4.98 Å². The number of hydrogen-bond donors (Lipinski definition) is 2. The number of carbonyl (C=O) groups excluding carboxylic acids is 1. The predicted molar refractivity (Wildman–Crippen MR) is 91.6 cm³/mol. The Hall–Kier alpha value is -2.60. The van der Waals surface area contributed by atoms with Crippen LogP contribution in [0.5, 0.6) is 11.5 Å². The zero-order valence-electron chi connectivity index (χ0n) is 13.5. The number of nitrogens with one attached hydrogen (secondary N) is 1. The summed E-state index contributed by atoms with van der Waals surface area (Å²) < 4.78 is 5.72. The van der Waals surface area contributed by atoms with Gasteiger partial charge in [-0.1, -0.05) is 19.9 Å². The highest BCUT2D eigenvalue weighted by Gasteiger charge is 2.09. The third-order valence-electron chi connectivity index (χ3n) is 3.35. The van der Waals surface area contributed by atoms with Gasteiger partial charge in [0, 0.05) is 24.0 Å². The lowest BCUT2D eigenvalue weighted by atomic mass is 10.3. The first-order valence-electron chi connectivity index (χ1n) is 7.62. The van der Waals surface area contributed by atoms with E-state index in [0.29, 0.717) is 29.5 Å². The molecule has 0 aliphatic heterocycles. The number of nitrogens with zero attached hydrogens (tertiary/aromatic N) is 2. The SMILES string of the molecule is CCN(CC)CC(=O)Nc1cc(Oc2cccc(N)c2)ccn1. The van der Waals surface area contributed by atoms with Crippen LogP contribution >= 0.6 is 0 Å². The first-order chi connectivity index (χ1) is 11.1. The molecule has 23 heavy (non-hydrogen) atoms. The molecule has 1 aromatic carbocycles. The zero-order chi connectivity index (χ0) is 16.7. The summed E-state index contributed by atoms with van der Waals surface area (Å²) in [5, 5.41) is 2.78. The lowest BCUT2D eigenvalue weighted by molar-refractivity contribution is -0.117. The van der Waals surface area contributed by atoms with Gasteiger partial charge in [0.15, 0.2) is 0 Å². The quantitative estimate of drug-likeness (QED) is 0.768. The van der Waals surface area contributed by atoms with Crippen molar-refractivity contribution >= 4 is 17.4 Å². The minimum absolute atomic E-state index is 0.0951. The highest BCUT2D eigenvalue weighted by Crippen LogP contribution is 2.24. The first kappa shape index (κ1) is 16.8. The van der Waals surface area contributed by atoms with Crippen molar-refractivity contribution in [3.63, 3.8) is 0 Å². The Morgan fingerprint density at radius 2 is 1.96 bits per heavy atom. The van der Waals surface area contributed by atoms with Gasteiger partial charge in [-0.15, -0.1) is 0 Å². The molecule has 0 saturated carbocycles. The molecule has 1 aromatic heterocycles. The molecule has 6 nitrogen and oxygen atoms in total. The number of hydrogen-bond acceptors (Lipinski definition) is 5. The molecule has 0 bridgehead atoms. The summed E-state index contributed by atoms with van der Waals surface area (Å²) in [6, 6.07) is 10.6. The van der Waals surface area contributed by atoms with Gasteiger partial charge in [0.1, 0.15) is 17.3 Å². The number of ether oxygens (including phenoxy) is 1. The lowest BCUT2D eigenvalue weighted by Crippen LogP contribution is -2.33. The van der Waals surface area contributed by atoms with E-state index in [-0.39, 0.29) is 5.91 Å². The average Bonchev–Trinajstić information content (AvgIpc) is 2.53. The topological polar surface area (TPSA) is 80.5 Å². The molecule has 0 atom stereocenters. The molecule has 0 spiro atoms. The van der Waals surface area contributed by atoms with Crippen LogP contribution in [0, 0.1) is 0 Å². The van der Waals surface area contributed by atoms with Crippen molar-refractivity contribution in [1.82, 2.24) is 9.88 Å². The fourth-order valence-corrected chi connectivity index (χ4v) is 2.09. The van der Waals surface area contributed by atoms with Crippen LogP contribution in [0.15, 0.2) is 42.6 Å². The summed E-state index contributed by atoms with van der Waals surface area (Å²) in [6.07, 6.45) is 1.59. The molecule has 0 aliphatic rings. The van der Waals surface area contributed by atoms with Crippen molar-refractivity contribution < 1.29 is 9.53 Å². The zero-order valence-corrected chi connectivity index (χ0v) is 13.5. The molecule has 0 unspecified atom stereocenters. The molecule has 2 aromatic rings. The van der Waals surface area contributed by atoms with Crippen LogP contribution in [0.2, 0.25) is 0 Å². The summed E-state index contributed by atoms with van der Waals surface area (Å²) in [7, 11) is 0. The van der Waals surface area contributed by atoms with Gasteiger partial charge in [0.05, 0.1) is 6.54 Å². The molecule has 0 saturated heterocycles. The number of anilines is 2. The molecule has 0 radical (unpaired) electrons. The fourth-order valence-electron chi connectivity index (χ4n) is 2.09. The van der Waals surface area contributed by atoms with E-state index in [1.807, 2.05) is 30.9 Å². The van der Waals surface area contributed by atoms with Gasteiger partial charge in [0.25, 0.3) is 0 Å². The van der Waals surface area contributed by atoms with Crippen LogP contribution in [0.4, 0.5) is 11.5 Å². The number of aromatic nitrogens is 1. The van der Waals surface area contributed by atoms with Crippen molar-refractivity contribution in [3.05, 3.63) is 42.6 Å². The fraction of sp³-hybridized carbons (Fsp3) is 0.294. The van der Waals surface area contributed by atoms with Crippen molar-refractivity contribution in [2.75, 3.05) is 30.7 Å². The molecule has 0 fully saturated rings. The minimum atomic E-state index is -0.0951. The number of nitrogen functional groups attached to an aromatic ring is 1. The largest absolute Gasteiger partial charge is 0.457 e. The van der Waals surface area contributed by atoms with E-state index in [4.69, 9.17) is 10.5 Å². The van der Waals surface area contributed by atoms with Crippen LogP contribution < -0.4 is 15.8 Å². The average molecular weight is 314 g/mol. The van der Waals surface area contributed by atoms with E-state index in [1.165, 1.54) is 0 Å². The second-order valence-electron chi connectivity index (χ2n) is 5.06. The molecule has 3 N–H and O–H groups in total. The first-order valence-corrected chi connectivity index (χ1v) is 7.62. The number of carbonyl (C=O) groups is 1. The summed E-state index contributed by atoms with van der Waals surface area (Å²) in [4.78, 5) is 18.2. The predicted octanol–water partition coefficient (Wildman–Crippen LogP) is 2.74. The van der Waals surface area contributed by atoms with E-state index in [9.17, 15) is 4.79 Å². The number of amides is 1. The Morgan fingerprint density at radius 1 is 1.22 bits per heavy atom. The summed E-state index contributed by atoms with van der Waals surface area (Å²) in [6.45, 7) is 6.05. The van der Waals surface area contributed by atoms with Crippen molar-refractivity contribution in [3.8, 4) is 11.5 Å². The lowest BCUT2D eigenvalue weighted by Gasteiger charge is -2.17. The Labute approximate surface area is 136 Å². The van der Waals surface area contributed by atoms with Gasteiger partial charge < -0.3 is 15.8 Å². The molecular weight excluding hydrogens is 292 g/mol. The van der Waals surface area contributed by atoms with E-state index < -0.39 is 0 Å². The number of rotatable bonds is 7. The van der Waals surface area contributed by atoms with Crippen LogP contribution in [0.3, 0.4) is 0 Å². The van der Waals surface area contributed by atoms with Gasteiger partial charge >= 0.3 is 0 Å². The summed E-state index contributed by atoms with van der Waals surface area (Å²) in [5.74, 6) is 1.59. The van der Waals surface area contributed by atoms with Crippen LogP contribution in [0.25, 0.3) is 0 Å². The minimum Gasteiger partial charge on any atom is -0.457 e. The molecule has 122 valence electrons. The maximum Gasteiger partial charge on any atom is 0.239 e. The van der Waals surface area contributed by atoms with Gasteiger partial charge in [0.2, 0.25) is 5.91 Å². The van der Waals surface area contributed by atoms with Crippen LogP contribution in [-0.2, 0) is 4.79 Å². The number of benzene rings is 1. The Morgan fingerprint density at radius 3 is 2.65 bits per heavy atom. The Kier molecular flexibility index (Phi) is 5.94. The molecule has 1 heterocycles. The monoisotopic (exact) mass is 314 g/mol. The van der Waals surface area contributed by atoms with Gasteiger partial charge in [-0.3, -0.25) is 9.69 Å².